The Hall–Kier alpha value is -4.23. The quantitative estimate of drug-likeness (QED) is 0.201. The van der Waals surface area contributed by atoms with Crippen molar-refractivity contribution in [1.82, 2.24) is 0 Å². The lowest BCUT2D eigenvalue weighted by molar-refractivity contribution is -0.554. The van der Waals surface area contributed by atoms with Crippen molar-refractivity contribution in [2.75, 3.05) is 0 Å². The monoisotopic (exact) mass is 422 g/mol. The van der Waals surface area contributed by atoms with E-state index in [1.807, 2.05) is 0 Å². The van der Waals surface area contributed by atoms with E-state index in [2.05, 4.69) is 139 Å². The minimum atomic E-state index is 1.17. The maximum absolute atomic E-state index is 2.43. The van der Waals surface area contributed by atoms with Gasteiger partial charge in [-0.1, -0.05) is 90.5 Å². The van der Waals surface area contributed by atoms with Crippen molar-refractivity contribution < 1.29 is 4.57 Å². The molecule has 0 aliphatic rings. The van der Waals surface area contributed by atoms with Gasteiger partial charge in [-0.05, 0) is 42.1 Å². The van der Waals surface area contributed by atoms with Crippen molar-refractivity contribution in [1.29, 1.82) is 0 Å². The van der Waals surface area contributed by atoms with Crippen LogP contribution in [-0.4, -0.2) is 0 Å². The number of aryl methyl sites for hydroxylation is 1. The zero-order valence-electron chi connectivity index (χ0n) is 18.6. The molecule has 0 radical (unpaired) electrons. The highest BCUT2D eigenvalue weighted by atomic mass is 15.0. The predicted octanol–water partition coefficient (Wildman–Crippen LogP) is 7.91. The van der Waals surface area contributed by atoms with Gasteiger partial charge < -0.3 is 0 Å². The van der Waals surface area contributed by atoms with Gasteiger partial charge in [-0.3, -0.25) is 0 Å². The molecule has 0 aliphatic heterocycles. The molecule has 0 bridgehead atoms. The maximum atomic E-state index is 2.43. The Labute approximate surface area is 194 Å². The summed E-state index contributed by atoms with van der Waals surface area (Å²) < 4.78 is 2.43. The van der Waals surface area contributed by atoms with Gasteiger partial charge in [-0.2, -0.15) is 4.57 Å². The van der Waals surface area contributed by atoms with Crippen LogP contribution in [0.5, 0.6) is 0 Å². The summed E-state index contributed by atoms with van der Waals surface area (Å²) >= 11 is 0. The van der Waals surface area contributed by atoms with Crippen LogP contribution in [0.1, 0.15) is 5.56 Å². The molecule has 0 saturated carbocycles. The van der Waals surface area contributed by atoms with E-state index in [4.69, 9.17) is 0 Å². The lowest BCUT2D eigenvalue weighted by atomic mass is 9.94. The van der Waals surface area contributed by atoms with Crippen molar-refractivity contribution in [3.63, 3.8) is 0 Å². The smallest absolute Gasteiger partial charge is 0.152 e. The highest BCUT2D eigenvalue weighted by Crippen LogP contribution is 2.35. The molecule has 33 heavy (non-hydrogen) atoms. The molecule has 6 rings (SSSR count). The summed E-state index contributed by atoms with van der Waals surface area (Å²) in [5.41, 5.74) is 8.52. The van der Waals surface area contributed by atoms with Gasteiger partial charge in [-0.25, -0.2) is 0 Å². The molecule has 1 aromatic heterocycles. The second-order valence-corrected chi connectivity index (χ2v) is 8.53. The lowest BCUT2D eigenvalue weighted by Crippen LogP contribution is -2.35. The van der Waals surface area contributed by atoms with Gasteiger partial charge in [0.2, 0.25) is 16.9 Å². The predicted molar refractivity (Wildman–Crippen MR) is 139 cm³/mol. The van der Waals surface area contributed by atoms with Crippen LogP contribution < -0.4 is 4.57 Å². The van der Waals surface area contributed by atoms with E-state index in [0.717, 1.165) is 0 Å². The summed E-state index contributed by atoms with van der Waals surface area (Å²) in [6, 6.07) is 45.8. The average molecular weight is 423 g/mol. The molecule has 0 atom stereocenters. The van der Waals surface area contributed by atoms with E-state index in [1.54, 1.807) is 0 Å². The Morgan fingerprint density at radius 3 is 1.88 bits per heavy atom. The Balaban J connectivity index is 1.85. The first kappa shape index (κ1) is 19.5. The van der Waals surface area contributed by atoms with E-state index in [1.165, 1.54) is 55.3 Å². The second-order valence-electron chi connectivity index (χ2n) is 8.53. The molecule has 0 amide bonds. The molecular formula is C32H24N+. The maximum Gasteiger partial charge on any atom is 0.227 e. The summed E-state index contributed by atoms with van der Waals surface area (Å²) in [5.74, 6) is 0. The number of fused-ring (bicyclic) bond motifs is 3. The summed E-state index contributed by atoms with van der Waals surface area (Å²) in [5, 5.41) is 3.75. The van der Waals surface area contributed by atoms with Crippen molar-refractivity contribution in [3.8, 4) is 28.1 Å². The number of pyridine rings is 1. The molecule has 5 aromatic carbocycles. The third kappa shape index (κ3) is 3.39. The Morgan fingerprint density at radius 2 is 1.15 bits per heavy atom. The fraction of sp³-hybridized carbons (Fsp3) is 0.0312. The molecule has 0 aliphatic carbocycles. The van der Waals surface area contributed by atoms with E-state index >= 15 is 0 Å². The van der Waals surface area contributed by atoms with Gasteiger partial charge in [0.15, 0.2) is 0 Å². The first-order valence-corrected chi connectivity index (χ1v) is 11.4. The molecule has 1 heterocycles. The largest absolute Gasteiger partial charge is 0.227 e. The fourth-order valence-electron chi connectivity index (χ4n) is 4.75. The highest BCUT2D eigenvalue weighted by Gasteiger charge is 2.25. The molecule has 0 fully saturated rings. The normalized spacial score (nSPS) is 11.2. The lowest BCUT2D eigenvalue weighted by Gasteiger charge is -2.14. The van der Waals surface area contributed by atoms with Gasteiger partial charge in [0.05, 0.1) is 10.8 Å². The third-order valence-corrected chi connectivity index (χ3v) is 6.38. The number of rotatable bonds is 3. The minimum Gasteiger partial charge on any atom is -0.152 e. The molecule has 1 heteroatoms. The van der Waals surface area contributed by atoms with E-state index in [-0.39, 0.29) is 0 Å². The molecule has 156 valence electrons. The SMILES string of the molecule is Cc1ccc(-[n+]2c(-c3ccccc3)cc(-c3ccccc3)c3ccc4ccccc4c32)cc1. The first-order valence-electron chi connectivity index (χ1n) is 11.4. The number of aromatic nitrogens is 1. The van der Waals surface area contributed by atoms with Gasteiger partial charge in [0.25, 0.3) is 0 Å². The molecule has 0 saturated heterocycles. The molecule has 0 N–H and O–H groups in total. The average Bonchev–Trinajstić information content (AvgIpc) is 2.89. The molecular weight excluding hydrogens is 398 g/mol. The number of hydrogen-bond donors (Lipinski definition) is 0. The van der Waals surface area contributed by atoms with Crippen molar-refractivity contribution in [2.24, 2.45) is 0 Å². The zero-order chi connectivity index (χ0) is 22.2. The Bertz CT molecular complexity index is 1580. The number of benzene rings is 5. The summed E-state index contributed by atoms with van der Waals surface area (Å²) in [6.07, 6.45) is 0. The van der Waals surface area contributed by atoms with Crippen LogP contribution in [0.2, 0.25) is 0 Å². The molecule has 1 nitrogen and oxygen atoms in total. The van der Waals surface area contributed by atoms with Crippen LogP contribution in [0.25, 0.3) is 49.7 Å². The zero-order valence-corrected chi connectivity index (χ0v) is 18.6. The van der Waals surface area contributed by atoms with Gasteiger partial charge >= 0.3 is 0 Å². The van der Waals surface area contributed by atoms with Crippen LogP contribution in [0, 0.1) is 6.92 Å². The Kier molecular flexibility index (Phi) is 4.74. The van der Waals surface area contributed by atoms with E-state index in [9.17, 15) is 0 Å². The van der Waals surface area contributed by atoms with Crippen LogP contribution >= 0.6 is 0 Å². The number of hydrogen-bond acceptors (Lipinski definition) is 0. The summed E-state index contributed by atoms with van der Waals surface area (Å²) in [6.45, 7) is 2.14. The van der Waals surface area contributed by atoms with Crippen molar-refractivity contribution in [2.45, 2.75) is 6.92 Å². The highest BCUT2D eigenvalue weighted by molar-refractivity contribution is 6.09. The summed E-state index contributed by atoms with van der Waals surface area (Å²) in [4.78, 5) is 0. The standard InChI is InChI=1S/C32H24N/c1-23-16-19-27(20-17-23)33-31(26-13-6-3-7-14-26)22-30(24-10-4-2-5-11-24)29-21-18-25-12-8-9-15-28(25)32(29)33/h2-22H,1H3/q+1. The molecule has 0 unspecified atom stereocenters. The van der Waals surface area contributed by atoms with Crippen LogP contribution in [-0.2, 0) is 0 Å². The van der Waals surface area contributed by atoms with Crippen molar-refractivity contribution >= 4 is 21.7 Å². The van der Waals surface area contributed by atoms with Gasteiger partial charge in [-0.15, -0.1) is 0 Å². The molecule has 0 spiro atoms. The molecule has 6 aromatic rings. The van der Waals surface area contributed by atoms with Gasteiger partial charge in [0, 0.05) is 29.3 Å². The first-order chi connectivity index (χ1) is 16.3. The number of nitrogens with zero attached hydrogens (tertiary/aromatic N) is 1. The Morgan fingerprint density at radius 1 is 0.515 bits per heavy atom. The fourth-order valence-corrected chi connectivity index (χ4v) is 4.75. The van der Waals surface area contributed by atoms with Crippen LogP contribution in [0.4, 0.5) is 0 Å². The van der Waals surface area contributed by atoms with E-state index in [0.29, 0.717) is 0 Å². The topological polar surface area (TPSA) is 3.88 Å². The third-order valence-electron chi connectivity index (χ3n) is 6.38. The van der Waals surface area contributed by atoms with Crippen LogP contribution in [0.3, 0.4) is 0 Å². The van der Waals surface area contributed by atoms with Crippen LogP contribution in [0.15, 0.2) is 127 Å². The van der Waals surface area contributed by atoms with Crippen molar-refractivity contribution in [3.05, 3.63) is 133 Å². The van der Waals surface area contributed by atoms with Gasteiger partial charge in [0.1, 0.15) is 0 Å². The second kappa shape index (κ2) is 8.03. The minimum absolute atomic E-state index is 1.17. The van der Waals surface area contributed by atoms with E-state index < -0.39 is 0 Å². The summed E-state index contributed by atoms with van der Waals surface area (Å²) in [7, 11) is 0.